The second-order valence-corrected chi connectivity index (χ2v) is 6.67. The molecule has 8 heteroatoms. The summed E-state index contributed by atoms with van der Waals surface area (Å²) in [5, 5.41) is 9.60. The number of methoxy groups -OCH3 is 1. The van der Waals surface area contributed by atoms with Crippen molar-refractivity contribution in [3.05, 3.63) is 0 Å². The van der Waals surface area contributed by atoms with E-state index in [1.807, 2.05) is 6.92 Å². The van der Waals surface area contributed by atoms with E-state index in [-0.39, 0.29) is 13.0 Å². The average Bonchev–Trinajstić information content (AvgIpc) is 2.77. The van der Waals surface area contributed by atoms with Crippen LogP contribution in [0.5, 0.6) is 0 Å². The minimum Gasteiger partial charge on any atom is -0.468 e. The summed E-state index contributed by atoms with van der Waals surface area (Å²) in [7, 11) is -1.06. The van der Waals surface area contributed by atoms with Crippen LogP contribution in [0.4, 0.5) is 0 Å². The molecule has 0 radical (unpaired) electrons. The van der Waals surface area contributed by atoms with E-state index in [0.717, 1.165) is 17.1 Å². The van der Waals surface area contributed by atoms with Crippen molar-refractivity contribution in [3.63, 3.8) is 0 Å². The van der Waals surface area contributed by atoms with Gasteiger partial charge in [0.15, 0.2) is 0 Å². The number of ether oxygens (including phenoxy) is 1. The third kappa shape index (κ3) is 3.65. The molecule has 112 valence electrons. The Labute approximate surface area is 114 Å². The summed E-state index contributed by atoms with van der Waals surface area (Å²) in [5.74, 6) is -0.635. The van der Waals surface area contributed by atoms with Gasteiger partial charge in [-0.3, -0.25) is 4.79 Å². The highest BCUT2D eigenvalue weighted by atomic mass is 32.2. The maximum atomic E-state index is 12.3. The number of hydrogen-bond acceptors (Lipinski definition) is 5. The normalized spacial score (nSPS) is 24.9. The first-order chi connectivity index (χ1) is 8.84. The summed E-state index contributed by atoms with van der Waals surface area (Å²) in [4.78, 5) is 11.6. The van der Waals surface area contributed by atoms with Gasteiger partial charge >= 0.3 is 5.97 Å². The second kappa shape index (κ2) is 6.65. The number of carbonyl (C=O) groups is 1. The van der Waals surface area contributed by atoms with Crippen LogP contribution in [0.2, 0.25) is 0 Å². The molecule has 0 saturated carbocycles. The Kier molecular flexibility index (Phi) is 5.72. The van der Waals surface area contributed by atoms with E-state index in [1.54, 1.807) is 0 Å². The molecule has 2 atom stereocenters. The van der Waals surface area contributed by atoms with E-state index in [2.05, 4.69) is 4.74 Å². The minimum atomic E-state index is -3.74. The molecule has 19 heavy (non-hydrogen) atoms. The summed E-state index contributed by atoms with van der Waals surface area (Å²) in [6.45, 7) is 2.29. The number of aliphatic hydroxyl groups is 1. The van der Waals surface area contributed by atoms with Crippen molar-refractivity contribution in [2.45, 2.75) is 38.3 Å². The third-order valence-electron chi connectivity index (χ3n) is 3.22. The molecule has 0 aliphatic carbocycles. The molecular formula is C11H22N2O5S. The maximum Gasteiger partial charge on any atom is 0.324 e. The number of rotatable bonds is 6. The number of esters is 1. The van der Waals surface area contributed by atoms with Crippen molar-refractivity contribution >= 4 is 16.2 Å². The highest BCUT2D eigenvalue weighted by Crippen LogP contribution is 2.24. The molecule has 0 amide bonds. The van der Waals surface area contributed by atoms with E-state index in [1.165, 1.54) is 18.5 Å². The number of carbonyl (C=O) groups excluding carboxylic acids is 1. The molecule has 1 aliphatic heterocycles. The molecule has 1 heterocycles. The highest BCUT2D eigenvalue weighted by Gasteiger charge is 2.44. The predicted octanol–water partition coefficient (Wildman–Crippen LogP) is -0.429. The second-order valence-electron chi connectivity index (χ2n) is 4.68. The van der Waals surface area contributed by atoms with Gasteiger partial charge in [0, 0.05) is 26.6 Å². The Morgan fingerprint density at radius 3 is 2.68 bits per heavy atom. The number of aliphatic hydroxyl groups excluding tert-OH is 1. The molecular weight excluding hydrogens is 272 g/mol. The van der Waals surface area contributed by atoms with Crippen LogP contribution < -0.4 is 0 Å². The van der Waals surface area contributed by atoms with Crippen LogP contribution in [0.25, 0.3) is 0 Å². The highest BCUT2D eigenvalue weighted by molar-refractivity contribution is 7.86. The van der Waals surface area contributed by atoms with Gasteiger partial charge in [-0.25, -0.2) is 0 Å². The van der Waals surface area contributed by atoms with Crippen LogP contribution in [0, 0.1) is 0 Å². The van der Waals surface area contributed by atoms with Gasteiger partial charge in [-0.1, -0.05) is 13.3 Å². The van der Waals surface area contributed by atoms with Gasteiger partial charge in [0.2, 0.25) is 0 Å². The zero-order valence-corrected chi connectivity index (χ0v) is 12.4. The summed E-state index contributed by atoms with van der Waals surface area (Å²) >= 11 is 0. The van der Waals surface area contributed by atoms with Gasteiger partial charge in [-0.05, 0) is 6.42 Å². The van der Waals surface area contributed by atoms with Crippen molar-refractivity contribution < 1.29 is 23.1 Å². The maximum absolute atomic E-state index is 12.3. The fourth-order valence-electron chi connectivity index (χ4n) is 2.06. The first-order valence-electron chi connectivity index (χ1n) is 6.33. The van der Waals surface area contributed by atoms with Crippen LogP contribution in [0.1, 0.15) is 26.2 Å². The van der Waals surface area contributed by atoms with Gasteiger partial charge in [-0.15, -0.1) is 0 Å². The predicted molar refractivity (Wildman–Crippen MR) is 69.6 cm³/mol. The van der Waals surface area contributed by atoms with Crippen molar-refractivity contribution in [2.75, 3.05) is 27.2 Å². The topological polar surface area (TPSA) is 87.2 Å². The molecule has 1 N–H and O–H groups in total. The first kappa shape index (κ1) is 16.4. The Morgan fingerprint density at radius 2 is 2.16 bits per heavy atom. The summed E-state index contributed by atoms with van der Waals surface area (Å²) in [6.07, 6.45) is 0.865. The number of β-amino-alcohol motifs (C(OH)–C–C–N with tert-alkyl or cyclic N) is 1. The van der Waals surface area contributed by atoms with E-state index in [9.17, 15) is 18.3 Å². The molecule has 7 nitrogen and oxygen atoms in total. The lowest BCUT2D eigenvalue weighted by molar-refractivity contribution is -0.144. The molecule has 1 saturated heterocycles. The average molecular weight is 294 g/mol. The lowest BCUT2D eigenvalue weighted by Crippen LogP contribution is -2.47. The molecule has 0 aromatic carbocycles. The smallest absolute Gasteiger partial charge is 0.324 e. The summed E-state index contributed by atoms with van der Waals surface area (Å²) in [5.41, 5.74) is 0. The molecule has 1 aliphatic rings. The van der Waals surface area contributed by atoms with Crippen molar-refractivity contribution in [1.29, 1.82) is 0 Å². The lowest BCUT2D eigenvalue weighted by Gasteiger charge is -2.27. The summed E-state index contributed by atoms with van der Waals surface area (Å²) in [6, 6.07) is -0.936. The Bertz CT molecular complexity index is 411. The van der Waals surface area contributed by atoms with Crippen molar-refractivity contribution in [3.8, 4) is 0 Å². The van der Waals surface area contributed by atoms with E-state index in [4.69, 9.17) is 0 Å². The van der Waals surface area contributed by atoms with Crippen molar-refractivity contribution in [1.82, 2.24) is 8.61 Å². The van der Waals surface area contributed by atoms with Crippen LogP contribution >= 0.6 is 0 Å². The first-order valence-corrected chi connectivity index (χ1v) is 7.73. The van der Waals surface area contributed by atoms with Gasteiger partial charge in [0.1, 0.15) is 6.04 Å². The van der Waals surface area contributed by atoms with Crippen LogP contribution in [-0.2, 0) is 19.7 Å². The standard InChI is InChI=1S/C11H22N2O5S/c1-4-5-6-12(2)19(16,17)13-8-9(14)7-10(13)11(15)18-3/h9-10,14H,4-8H2,1-3H3. The minimum absolute atomic E-state index is 0.0709. The monoisotopic (exact) mass is 294 g/mol. The number of nitrogens with zero attached hydrogens (tertiary/aromatic N) is 2. The number of hydrogen-bond donors (Lipinski definition) is 1. The molecule has 1 rings (SSSR count). The number of unbranched alkanes of at least 4 members (excludes halogenated alkanes) is 1. The van der Waals surface area contributed by atoms with Gasteiger partial charge in [-0.2, -0.15) is 17.0 Å². The molecule has 0 bridgehead atoms. The lowest BCUT2D eigenvalue weighted by atomic mass is 10.2. The fourth-order valence-corrected chi connectivity index (χ4v) is 3.64. The molecule has 0 aromatic heterocycles. The third-order valence-corrected chi connectivity index (χ3v) is 5.19. The van der Waals surface area contributed by atoms with E-state index in [0.29, 0.717) is 6.54 Å². The summed E-state index contributed by atoms with van der Waals surface area (Å²) < 4.78 is 31.5. The Balaban J connectivity index is 2.88. The molecule has 0 spiro atoms. The molecule has 1 fully saturated rings. The zero-order valence-electron chi connectivity index (χ0n) is 11.6. The van der Waals surface area contributed by atoms with E-state index >= 15 is 0 Å². The van der Waals surface area contributed by atoms with Crippen LogP contribution in [0.15, 0.2) is 0 Å². The Hall–Kier alpha value is -0.700. The van der Waals surface area contributed by atoms with Crippen molar-refractivity contribution in [2.24, 2.45) is 0 Å². The Morgan fingerprint density at radius 1 is 1.53 bits per heavy atom. The SMILES string of the molecule is CCCCN(C)S(=O)(=O)N1CC(O)CC1C(=O)OC. The van der Waals surface area contributed by atoms with Gasteiger partial charge < -0.3 is 9.84 Å². The van der Waals surface area contributed by atoms with E-state index < -0.39 is 28.3 Å². The van der Waals surface area contributed by atoms with Gasteiger partial charge in [0.05, 0.1) is 13.2 Å². The quantitative estimate of drug-likeness (QED) is 0.672. The zero-order chi connectivity index (χ0) is 14.6. The largest absolute Gasteiger partial charge is 0.468 e. The van der Waals surface area contributed by atoms with Crippen LogP contribution in [-0.4, -0.2) is 67.5 Å². The molecule has 2 unspecified atom stereocenters. The van der Waals surface area contributed by atoms with Crippen LogP contribution in [0.3, 0.4) is 0 Å². The molecule has 0 aromatic rings. The van der Waals surface area contributed by atoms with Gasteiger partial charge in [0.25, 0.3) is 10.2 Å². The fraction of sp³-hybridized carbons (Fsp3) is 0.909.